The Bertz CT molecular complexity index is 541. The molecule has 0 atom stereocenters. The number of hydrogen-bond acceptors (Lipinski definition) is 3. The number of nitrogens with zero attached hydrogens (tertiary/aromatic N) is 1. The highest BCUT2D eigenvalue weighted by atomic mass is 32.2. The summed E-state index contributed by atoms with van der Waals surface area (Å²) in [5, 5.41) is 3.38. The minimum absolute atomic E-state index is 0.515. The van der Waals surface area contributed by atoms with Crippen LogP contribution in [0.2, 0.25) is 0 Å². The van der Waals surface area contributed by atoms with Gasteiger partial charge in [0.2, 0.25) is 0 Å². The van der Waals surface area contributed by atoms with E-state index >= 15 is 0 Å². The van der Waals surface area contributed by atoms with Crippen molar-refractivity contribution >= 4 is 15.9 Å². The molecule has 0 bridgehead atoms. The second-order valence-electron chi connectivity index (χ2n) is 5.33. The minimum Gasteiger partial charge on any atom is -0.314 e. The molecule has 1 fully saturated rings. The van der Waals surface area contributed by atoms with Gasteiger partial charge in [-0.05, 0) is 44.4 Å². The van der Waals surface area contributed by atoms with Gasteiger partial charge in [-0.2, -0.15) is 12.7 Å². The third-order valence-electron chi connectivity index (χ3n) is 3.45. The summed E-state index contributed by atoms with van der Waals surface area (Å²) in [6.45, 7) is 3.27. The lowest BCUT2D eigenvalue weighted by molar-refractivity contribution is 0.458. The van der Waals surface area contributed by atoms with E-state index in [1.54, 1.807) is 13.1 Å². The van der Waals surface area contributed by atoms with E-state index in [4.69, 9.17) is 0 Å². The van der Waals surface area contributed by atoms with Crippen molar-refractivity contribution in [3.8, 4) is 0 Å². The number of nitrogens with one attached hydrogen (secondary N) is 2. The lowest BCUT2D eigenvalue weighted by Crippen LogP contribution is -2.34. The van der Waals surface area contributed by atoms with E-state index in [0.717, 1.165) is 18.5 Å². The molecule has 1 aliphatic carbocycles. The molecule has 0 spiro atoms. The fourth-order valence-electron chi connectivity index (χ4n) is 1.92. The van der Waals surface area contributed by atoms with Crippen LogP contribution in [0, 0.1) is 6.92 Å². The van der Waals surface area contributed by atoms with E-state index in [9.17, 15) is 8.42 Å². The van der Waals surface area contributed by atoms with E-state index in [-0.39, 0.29) is 0 Å². The molecule has 0 aliphatic heterocycles. The number of aryl methyl sites for hydroxylation is 1. The Balaban J connectivity index is 1.83. The van der Waals surface area contributed by atoms with E-state index < -0.39 is 10.2 Å². The second-order valence-corrected chi connectivity index (χ2v) is 7.10. The van der Waals surface area contributed by atoms with Crippen molar-refractivity contribution in [2.75, 3.05) is 24.9 Å². The van der Waals surface area contributed by atoms with Gasteiger partial charge >= 0.3 is 10.2 Å². The standard InChI is InChI=1S/C14H23N3O2S/c1-12-6-3-4-7-14(12)16-20(18,19)17(2)11-5-10-15-13-8-9-13/h3-4,6-7,13,15-16H,5,8-11H2,1-2H3. The zero-order valence-corrected chi connectivity index (χ0v) is 12.9. The van der Waals surface area contributed by atoms with E-state index in [1.807, 2.05) is 25.1 Å². The molecule has 0 unspecified atom stereocenters. The van der Waals surface area contributed by atoms with Gasteiger partial charge < -0.3 is 5.32 Å². The maximum Gasteiger partial charge on any atom is 0.301 e. The predicted octanol–water partition coefficient (Wildman–Crippen LogP) is 1.73. The highest BCUT2D eigenvalue weighted by molar-refractivity contribution is 7.90. The summed E-state index contributed by atoms with van der Waals surface area (Å²) in [6, 6.07) is 8.04. The Kier molecular flexibility index (Phi) is 5.01. The number of hydrogen-bond donors (Lipinski definition) is 2. The highest BCUT2D eigenvalue weighted by Crippen LogP contribution is 2.18. The molecule has 20 heavy (non-hydrogen) atoms. The van der Waals surface area contributed by atoms with Crippen LogP contribution in [0.3, 0.4) is 0 Å². The first-order chi connectivity index (χ1) is 9.49. The zero-order valence-electron chi connectivity index (χ0n) is 12.1. The summed E-state index contributed by atoms with van der Waals surface area (Å²) in [5.41, 5.74) is 1.55. The number of benzene rings is 1. The van der Waals surface area contributed by atoms with Crippen LogP contribution in [0.4, 0.5) is 5.69 Å². The van der Waals surface area contributed by atoms with Crippen LogP contribution in [0.1, 0.15) is 24.8 Å². The molecule has 5 nitrogen and oxygen atoms in total. The molecule has 0 radical (unpaired) electrons. The van der Waals surface area contributed by atoms with Crippen LogP contribution < -0.4 is 10.0 Å². The summed E-state index contributed by atoms with van der Waals surface area (Å²) in [6.07, 6.45) is 3.33. The molecular formula is C14H23N3O2S. The monoisotopic (exact) mass is 297 g/mol. The molecule has 2 N–H and O–H groups in total. The number of anilines is 1. The van der Waals surface area contributed by atoms with Crippen molar-refractivity contribution < 1.29 is 8.42 Å². The lowest BCUT2D eigenvalue weighted by atomic mass is 10.2. The van der Waals surface area contributed by atoms with Gasteiger partial charge in [0.1, 0.15) is 0 Å². The second kappa shape index (κ2) is 6.56. The number of rotatable bonds is 8. The van der Waals surface area contributed by atoms with Gasteiger partial charge in [-0.3, -0.25) is 4.72 Å². The van der Waals surface area contributed by atoms with Gasteiger partial charge in [0, 0.05) is 19.6 Å². The molecule has 0 saturated heterocycles. The van der Waals surface area contributed by atoms with Gasteiger partial charge in [0.05, 0.1) is 5.69 Å². The average molecular weight is 297 g/mol. The predicted molar refractivity (Wildman–Crippen MR) is 82.0 cm³/mol. The van der Waals surface area contributed by atoms with Crippen LogP contribution in [0.5, 0.6) is 0 Å². The van der Waals surface area contributed by atoms with Gasteiger partial charge in [-0.15, -0.1) is 0 Å². The smallest absolute Gasteiger partial charge is 0.301 e. The van der Waals surface area contributed by atoms with Gasteiger partial charge in [0.15, 0.2) is 0 Å². The van der Waals surface area contributed by atoms with Crippen molar-refractivity contribution in [2.24, 2.45) is 0 Å². The van der Waals surface area contributed by atoms with Crippen LogP contribution in [-0.2, 0) is 10.2 Å². The molecule has 0 amide bonds. The summed E-state index contributed by atoms with van der Waals surface area (Å²) in [7, 11) is -1.86. The van der Waals surface area contributed by atoms with Crippen LogP contribution in [-0.4, -0.2) is 38.9 Å². The molecule has 0 aromatic heterocycles. The Morgan fingerprint density at radius 2 is 2.00 bits per heavy atom. The quantitative estimate of drug-likeness (QED) is 0.718. The molecular weight excluding hydrogens is 274 g/mol. The third kappa shape index (κ3) is 4.47. The topological polar surface area (TPSA) is 61.4 Å². The van der Waals surface area contributed by atoms with Crippen molar-refractivity contribution in [1.82, 2.24) is 9.62 Å². The minimum atomic E-state index is -3.47. The molecule has 112 valence electrons. The van der Waals surface area contributed by atoms with Crippen LogP contribution >= 0.6 is 0 Å². The average Bonchev–Trinajstić information content (AvgIpc) is 3.21. The summed E-state index contributed by atoms with van der Waals surface area (Å²) in [5.74, 6) is 0. The molecule has 1 aliphatic rings. The lowest BCUT2D eigenvalue weighted by Gasteiger charge is -2.19. The molecule has 1 saturated carbocycles. The Hall–Kier alpha value is -1.11. The largest absolute Gasteiger partial charge is 0.314 e. The molecule has 0 heterocycles. The van der Waals surface area contributed by atoms with Gasteiger partial charge in [0.25, 0.3) is 0 Å². The normalized spacial score (nSPS) is 15.6. The van der Waals surface area contributed by atoms with Crippen LogP contribution in [0.15, 0.2) is 24.3 Å². The maximum absolute atomic E-state index is 12.2. The Labute approximate surface area is 121 Å². The molecule has 1 aromatic carbocycles. The van der Waals surface area contributed by atoms with Gasteiger partial charge in [-0.25, -0.2) is 0 Å². The van der Waals surface area contributed by atoms with Crippen molar-refractivity contribution in [3.05, 3.63) is 29.8 Å². The SMILES string of the molecule is Cc1ccccc1NS(=O)(=O)N(C)CCCNC1CC1. The third-order valence-corrected chi connectivity index (χ3v) is 4.94. The zero-order chi connectivity index (χ0) is 14.6. The number of para-hydroxylation sites is 1. The fourth-order valence-corrected chi connectivity index (χ4v) is 2.95. The first-order valence-electron chi connectivity index (χ1n) is 7.02. The first kappa shape index (κ1) is 15.3. The Morgan fingerprint density at radius 3 is 2.65 bits per heavy atom. The molecule has 6 heteroatoms. The Morgan fingerprint density at radius 1 is 1.30 bits per heavy atom. The van der Waals surface area contributed by atoms with E-state index in [0.29, 0.717) is 18.3 Å². The fraction of sp³-hybridized carbons (Fsp3) is 0.571. The highest BCUT2D eigenvalue weighted by Gasteiger charge is 2.21. The summed E-state index contributed by atoms with van der Waals surface area (Å²) in [4.78, 5) is 0. The van der Waals surface area contributed by atoms with E-state index in [2.05, 4.69) is 10.0 Å². The summed E-state index contributed by atoms with van der Waals surface area (Å²) < 4.78 is 28.4. The van der Waals surface area contributed by atoms with Gasteiger partial charge in [-0.1, -0.05) is 18.2 Å². The first-order valence-corrected chi connectivity index (χ1v) is 8.46. The van der Waals surface area contributed by atoms with E-state index in [1.165, 1.54) is 17.1 Å². The maximum atomic E-state index is 12.2. The molecule has 2 rings (SSSR count). The van der Waals surface area contributed by atoms with Crippen molar-refractivity contribution in [1.29, 1.82) is 0 Å². The van der Waals surface area contributed by atoms with Crippen LogP contribution in [0.25, 0.3) is 0 Å². The van der Waals surface area contributed by atoms with Crippen molar-refractivity contribution in [2.45, 2.75) is 32.2 Å². The summed E-state index contributed by atoms with van der Waals surface area (Å²) >= 11 is 0. The van der Waals surface area contributed by atoms with Crippen molar-refractivity contribution in [3.63, 3.8) is 0 Å². The molecule has 1 aromatic rings.